The van der Waals surface area contributed by atoms with Crippen molar-refractivity contribution in [3.05, 3.63) is 60.7 Å². The number of hydrogen-bond donors (Lipinski definition) is 2. The molecule has 34 heavy (non-hydrogen) atoms. The molecule has 0 atom stereocenters. The minimum atomic E-state index is 0.569. The number of benzene rings is 3. The van der Waals surface area contributed by atoms with E-state index in [9.17, 15) is 0 Å². The molecule has 0 radical (unpaired) electrons. The molecule has 4 aromatic rings. The van der Waals surface area contributed by atoms with Crippen molar-refractivity contribution in [2.45, 2.75) is 0 Å². The SMILES string of the molecule is COc1cc2nc(-c3cccc(N)c3)nc(Nc3ccc(N4CCOCC4)cc3)c2cc1OC. The van der Waals surface area contributed by atoms with Gasteiger partial charge >= 0.3 is 0 Å². The minimum absolute atomic E-state index is 0.569. The van der Waals surface area contributed by atoms with Gasteiger partial charge < -0.3 is 30.2 Å². The van der Waals surface area contributed by atoms with Crippen LogP contribution in [0, 0.1) is 0 Å². The highest BCUT2D eigenvalue weighted by Crippen LogP contribution is 2.36. The first kappa shape index (κ1) is 21.8. The minimum Gasteiger partial charge on any atom is -0.493 e. The lowest BCUT2D eigenvalue weighted by Crippen LogP contribution is -2.36. The summed E-state index contributed by atoms with van der Waals surface area (Å²) < 4.78 is 16.5. The molecule has 174 valence electrons. The van der Waals surface area contributed by atoms with Crippen molar-refractivity contribution in [1.29, 1.82) is 0 Å². The second-order valence-corrected chi connectivity index (χ2v) is 8.02. The number of nitrogens with zero attached hydrogens (tertiary/aromatic N) is 3. The molecule has 3 aromatic carbocycles. The van der Waals surface area contributed by atoms with Gasteiger partial charge in [0, 0.05) is 47.2 Å². The van der Waals surface area contributed by atoms with Crippen LogP contribution in [0.2, 0.25) is 0 Å². The Labute approximate surface area is 198 Å². The Morgan fingerprint density at radius 2 is 1.65 bits per heavy atom. The standard InChI is InChI=1S/C26H27N5O3/c1-32-23-15-21-22(16-24(23)33-2)29-25(17-4-3-5-18(27)14-17)30-26(21)28-19-6-8-20(9-7-19)31-10-12-34-13-11-31/h3-9,14-16H,10-13,27H2,1-2H3,(H,28,29,30). The van der Waals surface area contributed by atoms with E-state index in [1.807, 2.05) is 36.4 Å². The summed E-state index contributed by atoms with van der Waals surface area (Å²) in [6.07, 6.45) is 0. The lowest BCUT2D eigenvalue weighted by Gasteiger charge is -2.29. The van der Waals surface area contributed by atoms with Crippen LogP contribution in [0.25, 0.3) is 22.3 Å². The van der Waals surface area contributed by atoms with Crippen LogP contribution in [0.4, 0.5) is 22.9 Å². The Hall–Kier alpha value is -4.04. The average Bonchev–Trinajstić information content (AvgIpc) is 2.88. The number of rotatable bonds is 6. The third-order valence-electron chi connectivity index (χ3n) is 5.85. The molecule has 0 spiro atoms. The fourth-order valence-corrected chi connectivity index (χ4v) is 4.07. The zero-order valence-corrected chi connectivity index (χ0v) is 19.2. The topological polar surface area (TPSA) is 94.8 Å². The molecule has 0 saturated carbocycles. The number of nitrogens with two attached hydrogens (primary N) is 1. The fourth-order valence-electron chi connectivity index (χ4n) is 4.07. The van der Waals surface area contributed by atoms with Crippen LogP contribution >= 0.6 is 0 Å². The summed E-state index contributed by atoms with van der Waals surface area (Å²) in [5.41, 5.74) is 10.3. The number of nitrogens with one attached hydrogen (secondary N) is 1. The van der Waals surface area contributed by atoms with Gasteiger partial charge in [0.1, 0.15) is 5.82 Å². The highest BCUT2D eigenvalue weighted by Gasteiger charge is 2.16. The Kier molecular flexibility index (Phi) is 6.05. The number of fused-ring (bicyclic) bond motifs is 1. The van der Waals surface area contributed by atoms with Crippen LogP contribution in [0.15, 0.2) is 60.7 Å². The van der Waals surface area contributed by atoms with Gasteiger partial charge in [-0.2, -0.15) is 0 Å². The van der Waals surface area contributed by atoms with E-state index in [0.717, 1.165) is 48.5 Å². The van der Waals surface area contributed by atoms with E-state index in [2.05, 4.69) is 34.5 Å². The molecule has 1 fully saturated rings. The normalized spacial score (nSPS) is 13.6. The van der Waals surface area contributed by atoms with Gasteiger partial charge in [-0.05, 0) is 42.5 Å². The molecule has 0 unspecified atom stereocenters. The first-order valence-electron chi connectivity index (χ1n) is 11.1. The monoisotopic (exact) mass is 457 g/mol. The smallest absolute Gasteiger partial charge is 0.162 e. The van der Waals surface area contributed by atoms with Crippen molar-refractivity contribution in [2.75, 3.05) is 56.5 Å². The number of aromatic nitrogens is 2. The fraction of sp³-hybridized carbons (Fsp3) is 0.231. The molecule has 1 saturated heterocycles. The van der Waals surface area contributed by atoms with Crippen LogP contribution in [0.3, 0.4) is 0 Å². The zero-order chi connectivity index (χ0) is 23.5. The second-order valence-electron chi connectivity index (χ2n) is 8.02. The quantitative estimate of drug-likeness (QED) is 0.410. The second kappa shape index (κ2) is 9.44. The third kappa shape index (κ3) is 4.40. The molecule has 1 aromatic heterocycles. The van der Waals surface area contributed by atoms with Crippen LogP contribution in [-0.2, 0) is 4.74 Å². The lowest BCUT2D eigenvalue weighted by atomic mass is 10.1. The summed E-state index contributed by atoms with van der Waals surface area (Å²) in [6.45, 7) is 3.30. The van der Waals surface area contributed by atoms with Crippen LogP contribution in [0.1, 0.15) is 0 Å². The van der Waals surface area contributed by atoms with E-state index in [1.54, 1.807) is 14.2 Å². The summed E-state index contributed by atoms with van der Waals surface area (Å²) in [6, 6.07) is 19.6. The van der Waals surface area contributed by atoms with E-state index in [1.165, 1.54) is 5.69 Å². The number of ether oxygens (including phenoxy) is 3. The molecule has 3 N–H and O–H groups in total. The summed E-state index contributed by atoms with van der Waals surface area (Å²) in [4.78, 5) is 12.0. The Morgan fingerprint density at radius 3 is 2.35 bits per heavy atom. The summed E-state index contributed by atoms with van der Waals surface area (Å²) >= 11 is 0. The van der Waals surface area contributed by atoms with Crippen molar-refractivity contribution in [3.63, 3.8) is 0 Å². The number of hydrogen-bond acceptors (Lipinski definition) is 8. The van der Waals surface area contributed by atoms with Gasteiger partial charge in [-0.25, -0.2) is 9.97 Å². The van der Waals surface area contributed by atoms with E-state index < -0.39 is 0 Å². The highest BCUT2D eigenvalue weighted by atomic mass is 16.5. The molecule has 1 aliphatic rings. The number of morpholine rings is 1. The maximum absolute atomic E-state index is 6.01. The van der Waals surface area contributed by atoms with Gasteiger partial charge in [-0.1, -0.05) is 12.1 Å². The Balaban J connectivity index is 1.56. The van der Waals surface area contributed by atoms with E-state index in [-0.39, 0.29) is 0 Å². The summed E-state index contributed by atoms with van der Waals surface area (Å²) in [7, 11) is 3.22. The van der Waals surface area contributed by atoms with Crippen molar-refractivity contribution in [3.8, 4) is 22.9 Å². The maximum atomic E-state index is 6.01. The predicted molar refractivity (Wildman–Crippen MR) is 135 cm³/mol. The molecule has 8 nitrogen and oxygen atoms in total. The molecule has 0 aliphatic carbocycles. The van der Waals surface area contributed by atoms with E-state index in [4.69, 9.17) is 29.9 Å². The molecule has 5 rings (SSSR count). The molecular formula is C26H27N5O3. The molecular weight excluding hydrogens is 430 g/mol. The summed E-state index contributed by atoms with van der Waals surface area (Å²) in [5, 5.41) is 4.29. The van der Waals surface area contributed by atoms with Gasteiger partial charge in [0.05, 0.1) is 33.0 Å². The average molecular weight is 458 g/mol. The zero-order valence-electron chi connectivity index (χ0n) is 19.2. The van der Waals surface area contributed by atoms with Crippen molar-refractivity contribution >= 4 is 33.8 Å². The van der Waals surface area contributed by atoms with E-state index in [0.29, 0.717) is 28.8 Å². The van der Waals surface area contributed by atoms with Gasteiger partial charge in [0.25, 0.3) is 0 Å². The van der Waals surface area contributed by atoms with E-state index >= 15 is 0 Å². The highest BCUT2D eigenvalue weighted by molar-refractivity contribution is 5.94. The first-order chi connectivity index (χ1) is 16.6. The van der Waals surface area contributed by atoms with Crippen molar-refractivity contribution in [2.24, 2.45) is 0 Å². The molecule has 0 amide bonds. The molecule has 2 heterocycles. The lowest BCUT2D eigenvalue weighted by molar-refractivity contribution is 0.122. The molecule has 8 heteroatoms. The van der Waals surface area contributed by atoms with Gasteiger partial charge in [0.2, 0.25) is 0 Å². The number of methoxy groups -OCH3 is 2. The van der Waals surface area contributed by atoms with Gasteiger partial charge in [-0.15, -0.1) is 0 Å². The third-order valence-corrected chi connectivity index (χ3v) is 5.85. The van der Waals surface area contributed by atoms with Crippen LogP contribution in [0.5, 0.6) is 11.5 Å². The maximum Gasteiger partial charge on any atom is 0.162 e. The van der Waals surface area contributed by atoms with Crippen LogP contribution in [-0.4, -0.2) is 50.5 Å². The van der Waals surface area contributed by atoms with Crippen LogP contribution < -0.4 is 25.4 Å². The van der Waals surface area contributed by atoms with Gasteiger partial charge in [0.15, 0.2) is 17.3 Å². The Morgan fingerprint density at radius 1 is 0.912 bits per heavy atom. The number of nitrogen functional groups attached to an aromatic ring is 1. The van der Waals surface area contributed by atoms with Gasteiger partial charge in [-0.3, -0.25) is 0 Å². The largest absolute Gasteiger partial charge is 0.493 e. The molecule has 0 bridgehead atoms. The Bertz CT molecular complexity index is 1300. The van der Waals surface area contributed by atoms with Crippen molar-refractivity contribution < 1.29 is 14.2 Å². The summed E-state index contributed by atoms with van der Waals surface area (Å²) in [5.74, 6) is 2.45. The first-order valence-corrected chi connectivity index (χ1v) is 11.1. The number of anilines is 4. The predicted octanol–water partition coefficient (Wildman–Crippen LogP) is 4.48. The van der Waals surface area contributed by atoms with Crippen molar-refractivity contribution in [1.82, 2.24) is 9.97 Å². The molecule has 1 aliphatic heterocycles.